The molecule has 0 aliphatic carbocycles. The van der Waals surface area contributed by atoms with Crippen LogP contribution in [0.1, 0.15) is 16.9 Å². The molecule has 0 atom stereocenters. The first-order valence-corrected chi connectivity index (χ1v) is 13.0. The highest BCUT2D eigenvalue weighted by Gasteiger charge is 2.46. The van der Waals surface area contributed by atoms with Crippen molar-refractivity contribution in [1.29, 1.82) is 0 Å². The van der Waals surface area contributed by atoms with Gasteiger partial charge in [0.1, 0.15) is 11.3 Å². The van der Waals surface area contributed by atoms with Gasteiger partial charge >= 0.3 is 10.2 Å². The lowest BCUT2D eigenvalue weighted by molar-refractivity contribution is -0.131. The molecule has 0 bridgehead atoms. The van der Waals surface area contributed by atoms with E-state index >= 15 is 0 Å². The van der Waals surface area contributed by atoms with Crippen LogP contribution >= 0.6 is 11.8 Å². The summed E-state index contributed by atoms with van der Waals surface area (Å²) < 4.78 is 33.6. The maximum Gasteiger partial charge on any atom is 0.331 e. The largest absolute Gasteiger partial charge is 0.468 e. The molecule has 2 heterocycles. The molecule has 0 N–H and O–H groups in total. The van der Waals surface area contributed by atoms with Gasteiger partial charge in [-0.1, -0.05) is 72.4 Å². The topological polar surface area (TPSA) is 87.9 Å². The van der Waals surface area contributed by atoms with Crippen molar-refractivity contribution >= 4 is 33.8 Å². The molecule has 0 saturated carbocycles. The molecule has 1 fully saturated rings. The van der Waals surface area contributed by atoms with Crippen molar-refractivity contribution in [3.8, 4) is 0 Å². The number of hydrogen-bond acceptors (Lipinski definition) is 6. The van der Waals surface area contributed by atoms with Gasteiger partial charge in [-0.2, -0.15) is 8.42 Å². The number of thioether (sulfide) groups is 1. The summed E-state index contributed by atoms with van der Waals surface area (Å²) in [4.78, 5) is 27.2. The zero-order chi connectivity index (χ0) is 24.1. The minimum atomic E-state index is -4.32. The van der Waals surface area contributed by atoms with Crippen molar-refractivity contribution in [2.75, 3.05) is 13.1 Å². The Bertz CT molecular complexity index is 1230. The average Bonchev–Trinajstić information content (AvgIpc) is 3.24. The maximum atomic E-state index is 13.4. The number of benzene rings is 2. The van der Waals surface area contributed by atoms with E-state index in [2.05, 4.69) is 0 Å². The molecule has 34 heavy (non-hydrogen) atoms. The predicted molar refractivity (Wildman–Crippen MR) is 130 cm³/mol. The maximum absolute atomic E-state index is 13.4. The van der Waals surface area contributed by atoms with Crippen molar-refractivity contribution in [2.24, 2.45) is 0 Å². The molecule has 2 amide bonds. The average molecular weight is 497 g/mol. The monoisotopic (exact) mass is 496 g/mol. The van der Waals surface area contributed by atoms with Crippen LogP contribution in [-0.4, -0.2) is 41.9 Å². The van der Waals surface area contributed by atoms with E-state index in [0.29, 0.717) is 18.6 Å². The van der Waals surface area contributed by atoms with Gasteiger partial charge in [0, 0.05) is 13.1 Å². The van der Waals surface area contributed by atoms with E-state index in [-0.39, 0.29) is 18.7 Å². The van der Waals surface area contributed by atoms with E-state index in [1.54, 1.807) is 13.0 Å². The Morgan fingerprint density at radius 2 is 1.32 bits per heavy atom. The van der Waals surface area contributed by atoms with E-state index in [4.69, 9.17) is 4.42 Å². The lowest BCUT2D eigenvalue weighted by atomic mass is 10.1. The number of rotatable bonds is 8. The summed E-state index contributed by atoms with van der Waals surface area (Å²) in [6.07, 6.45) is 2.20. The van der Waals surface area contributed by atoms with Gasteiger partial charge in [-0.25, -0.2) is 8.61 Å². The third-order valence-corrected chi connectivity index (χ3v) is 8.32. The van der Waals surface area contributed by atoms with E-state index in [1.165, 1.54) is 11.7 Å². The Kier molecular flexibility index (Phi) is 7.23. The molecular weight excluding hydrogens is 472 g/mol. The zero-order valence-electron chi connectivity index (χ0n) is 18.6. The van der Waals surface area contributed by atoms with Crippen molar-refractivity contribution < 1.29 is 22.4 Å². The fourth-order valence-corrected chi connectivity index (χ4v) is 5.88. The molecule has 0 unspecified atom stereocenters. The Balaban J connectivity index is 1.63. The Hall–Kier alpha value is -3.30. The number of aryl methyl sites for hydroxylation is 1. The van der Waals surface area contributed by atoms with Crippen LogP contribution in [0.2, 0.25) is 0 Å². The minimum absolute atomic E-state index is 0.0625. The van der Waals surface area contributed by atoms with Gasteiger partial charge in [0.05, 0.1) is 11.2 Å². The fraction of sp³-hybridized carbons (Fsp3) is 0.200. The lowest BCUT2D eigenvalue weighted by Gasteiger charge is -2.35. The standard InChI is InChI=1S/C25H24N2O5S2/c1-19-23(14-17-32-19)33-18-22-24(28)26(15-12-20-8-4-2-5-9-20)34(30,31)27(25(22)29)16-13-21-10-6-3-7-11-21/h2-11,14,17-18H,12-13,15-16H2,1H3. The SMILES string of the molecule is Cc1occc1SC=C1C(=O)N(CCc2ccccc2)S(=O)(=O)N(CCc2ccccc2)C1=O. The van der Waals surface area contributed by atoms with Gasteiger partial charge in [-0.05, 0) is 42.4 Å². The number of nitrogens with zero attached hydrogens (tertiary/aromatic N) is 2. The van der Waals surface area contributed by atoms with Gasteiger partial charge < -0.3 is 4.42 Å². The molecule has 7 nitrogen and oxygen atoms in total. The van der Waals surface area contributed by atoms with Gasteiger partial charge in [0.25, 0.3) is 11.8 Å². The van der Waals surface area contributed by atoms with Crippen LogP contribution < -0.4 is 0 Å². The molecule has 1 saturated heterocycles. The van der Waals surface area contributed by atoms with E-state index in [1.807, 2.05) is 60.7 Å². The van der Waals surface area contributed by atoms with Gasteiger partial charge in [0.2, 0.25) is 0 Å². The van der Waals surface area contributed by atoms with Crippen LogP contribution in [0.5, 0.6) is 0 Å². The molecule has 1 aromatic heterocycles. The molecule has 4 rings (SSSR count). The molecule has 1 aliphatic rings. The second-order valence-corrected chi connectivity index (χ2v) is 10.4. The summed E-state index contributed by atoms with van der Waals surface area (Å²) in [5, 5.41) is 1.42. The fourth-order valence-electron chi connectivity index (χ4n) is 3.59. The molecule has 0 radical (unpaired) electrons. The third kappa shape index (κ3) is 5.10. The quantitative estimate of drug-likeness (QED) is 0.266. The number of hydrogen-bond donors (Lipinski definition) is 0. The highest BCUT2D eigenvalue weighted by Crippen LogP contribution is 2.30. The zero-order valence-corrected chi connectivity index (χ0v) is 20.2. The van der Waals surface area contributed by atoms with Gasteiger partial charge in [0.15, 0.2) is 0 Å². The minimum Gasteiger partial charge on any atom is -0.468 e. The van der Waals surface area contributed by atoms with Crippen molar-refractivity contribution in [1.82, 2.24) is 8.61 Å². The molecule has 0 spiro atoms. The second kappa shape index (κ2) is 10.3. The molecular formula is C25H24N2O5S2. The van der Waals surface area contributed by atoms with Crippen molar-refractivity contribution in [2.45, 2.75) is 24.7 Å². The summed E-state index contributed by atoms with van der Waals surface area (Å²) >= 11 is 1.16. The van der Waals surface area contributed by atoms with Crippen molar-refractivity contribution in [3.05, 3.63) is 101 Å². The molecule has 1 aliphatic heterocycles. The number of carbonyl (C=O) groups is 2. The van der Waals surface area contributed by atoms with Crippen LogP contribution in [0.3, 0.4) is 0 Å². The van der Waals surface area contributed by atoms with Crippen LogP contribution in [-0.2, 0) is 32.6 Å². The van der Waals surface area contributed by atoms with E-state index in [0.717, 1.165) is 36.4 Å². The van der Waals surface area contributed by atoms with E-state index < -0.39 is 22.0 Å². The van der Waals surface area contributed by atoms with Crippen LogP contribution in [0, 0.1) is 6.92 Å². The molecule has 3 aromatic rings. The summed E-state index contributed by atoms with van der Waals surface area (Å²) in [5.41, 5.74) is 1.61. The van der Waals surface area contributed by atoms with Crippen LogP contribution in [0.15, 0.2) is 93.3 Å². The summed E-state index contributed by atoms with van der Waals surface area (Å²) in [6.45, 7) is 1.65. The lowest BCUT2D eigenvalue weighted by Crippen LogP contribution is -2.57. The first kappa shape index (κ1) is 23.8. The van der Waals surface area contributed by atoms with Crippen LogP contribution in [0.4, 0.5) is 0 Å². The molecule has 2 aromatic carbocycles. The molecule has 9 heteroatoms. The first-order valence-electron chi connectivity index (χ1n) is 10.8. The van der Waals surface area contributed by atoms with Crippen LogP contribution in [0.25, 0.3) is 0 Å². The smallest absolute Gasteiger partial charge is 0.331 e. The predicted octanol–water partition coefficient (Wildman–Crippen LogP) is 3.97. The molecule has 176 valence electrons. The van der Waals surface area contributed by atoms with E-state index in [9.17, 15) is 18.0 Å². The summed E-state index contributed by atoms with van der Waals surface area (Å²) in [6, 6.07) is 20.4. The summed E-state index contributed by atoms with van der Waals surface area (Å²) in [5.74, 6) is -0.983. The summed E-state index contributed by atoms with van der Waals surface area (Å²) in [7, 11) is -4.32. The highest BCUT2D eigenvalue weighted by atomic mass is 32.2. The Morgan fingerprint density at radius 3 is 1.76 bits per heavy atom. The van der Waals surface area contributed by atoms with Gasteiger partial charge in [-0.3, -0.25) is 9.59 Å². The second-order valence-electron chi connectivity index (χ2n) is 7.72. The number of furan rings is 1. The normalized spacial score (nSPS) is 15.6. The highest BCUT2D eigenvalue weighted by molar-refractivity contribution is 8.02. The van der Waals surface area contributed by atoms with Crippen molar-refractivity contribution in [3.63, 3.8) is 0 Å². The number of amides is 2. The third-order valence-electron chi connectivity index (χ3n) is 5.48. The Morgan fingerprint density at radius 1 is 0.824 bits per heavy atom. The first-order chi connectivity index (χ1) is 16.4. The Labute approximate surface area is 203 Å². The number of carbonyl (C=O) groups excluding carboxylic acids is 2. The van der Waals surface area contributed by atoms with Gasteiger partial charge in [-0.15, -0.1) is 0 Å².